The maximum Gasteiger partial charge on any atom is 0.316 e. The van der Waals surface area contributed by atoms with E-state index in [4.69, 9.17) is 10.5 Å². The van der Waals surface area contributed by atoms with Crippen molar-refractivity contribution >= 4 is 0 Å². The van der Waals surface area contributed by atoms with Crippen LogP contribution in [0.25, 0.3) is 0 Å². The maximum absolute atomic E-state index is 5.47. The van der Waals surface area contributed by atoms with Gasteiger partial charge in [0, 0.05) is 12.7 Å². The van der Waals surface area contributed by atoms with Gasteiger partial charge in [-0.25, -0.2) is 4.98 Å². The van der Waals surface area contributed by atoms with Gasteiger partial charge in [0.2, 0.25) is 0 Å². The first-order valence-electron chi connectivity index (χ1n) is 5.03. The van der Waals surface area contributed by atoms with E-state index in [9.17, 15) is 0 Å². The van der Waals surface area contributed by atoms with E-state index in [-0.39, 0.29) is 0 Å². The molecule has 14 heavy (non-hydrogen) atoms. The number of rotatable bonds is 4. The smallest absolute Gasteiger partial charge is 0.316 e. The molecule has 4 heteroatoms. The van der Waals surface area contributed by atoms with Gasteiger partial charge in [0.1, 0.15) is 0 Å². The predicted molar refractivity (Wildman–Crippen MR) is 52.8 cm³/mol. The van der Waals surface area contributed by atoms with Crippen molar-refractivity contribution in [3.05, 3.63) is 18.0 Å². The Morgan fingerprint density at radius 1 is 1.50 bits per heavy atom. The van der Waals surface area contributed by atoms with E-state index in [2.05, 4.69) is 9.97 Å². The first-order valence-corrected chi connectivity index (χ1v) is 5.03. The molecule has 0 atom stereocenters. The Morgan fingerprint density at radius 3 is 3.00 bits per heavy atom. The van der Waals surface area contributed by atoms with Crippen LogP contribution in [0.3, 0.4) is 0 Å². The molecule has 0 spiro atoms. The van der Waals surface area contributed by atoms with Crippen LogP contribution in [0.5, 0.6) is 6.01 Å². The molecule has 0 bridgehead atoms. The Labute approximate surface area is 83.5 Å². The first kappa shape index (κ1) is 9.40. The lowest BCUT2D eigenvalue weighted by molar-refractivity contribution is 0.170. The number of ether oxygens (including phenoxy) is 1. The van der Waals surface area contributed by atoms with Gasteiger partial charge in [-0.15, -0.1) is 0 Å². The second-order valence-electron chi connectivity index (χ2n) is 3.64. The standard InChI is InChI=1S/C10H15N3O/c11-6-9-4-5-12-10(13-9)14-7-8-2-1-3-8/h4-5,8H,1-3,6-7,11H2. The summed E-state index contributed by atoms with van der Waals surface area (Å²) in [6.45, 7) is 1.18. The Bertz CT molecular complexity index is 299. The SMILES string of the molecule is NCc1ccnc(OCC2CCC2)n1. The average Bonchev–Trinajstić information content (AvgIpc) is 2.16. The number of hydrogen-bond donors (Lipinski definition) is 1. The highest BCUT2D eigenvalue weighted by molar-refractivity contribution is 5.04. The predicted octanol–water partition coefficient (Wildman–Crippen LogP) is 1.11. The average molecular weight is 193 g/mol. The Hall–Kier alpha value is -1.16. The van der Waals surface area contributed by atoms with E-state index < -0.39 is 0 Å². The summed E-state index contributed by atoms with van der Waals surface area (Å²) >= 11 is 0. The van der Waals surface area contributed by atoms with E-state index in [1.165, 1.54) is 19.3 Å². The van der Waals surface area contributed by atoms with Crippen molar-refractivity contribution in [3.63, 3.8) is 0 Å². The van der Waals surface area contributed by atoms with Crippen molar-refractivity contribution in [2.45, 2.75) is 25.8 Å². The summed E-state index contributed by atoms with van der Waals surface area (Å²) < 4.78 is 5.47. The molecule has 4 nitrogen and oxygen atoms in total. The molecule has 1 fully saturated rings. The van der Waals surface area contributed by atoms with E-state index in [0.717, 1.165) is 12.3 Å². The summed E-state index contributed by atoms with van der Waals surface area (Å²) in [5.41, 5.74) is 6.29. The van der Waals surface area contributed by atoms with Gasteiger partial charge >= 0.3 is 6.01 Å². The molecule has 0 unspecified atom stereocenters. The molecule has 2 rings (SSSR count). The van der Waals surface area contributed by atoms with Crippen LogP contribution in [-0.4, -0.2) is 16.6 Å². The van der Waals surface area contributed by atoms with Crippen molar-refractivity contribution in [2.75, 3.05) is 6.61 Å². The lowest BCUT2D eigenvalue weighted by Crippen LogP contribution is -2.20. The van der Waals surface area contributed by atoms with Crippen LogP contribution in [-0.2, 0) is 6.54 Å². The molecule has 1 aliphatic carbocycles. The summed E-state index contributed by atoms with van der Waals surface area (Å²) in [6, 6.07) is 2.26. The molecule has 1 aliphatic rings. The van der Waals surface area contributed by atoms with Gasteiger partial charge in [0.25, 0.3) is 0 Å². The highest BCUT2D eigenvalue weighted by atomic mass is 16.5. The zero-order valence-electron chi connectivity index (χ0n) is 8.15. The molecule has 1 heterocycles. The topological polar surface area (TPSA) is 61.0 Å². The van der Waals surface area contributed by atoms with Gasteiger partial charge in [-0.1, -0.05) is 6.42 Å². The zero-order chi connectivity index (χ0) is 9.80. The third-order valence-electron chi connectivity index (χ3n) is 2.57. The number of aromatic nitrogens is 2. The van der Waals surface area contributed by atoms with Crippen LogP contribution in [0.1, 0.15) is 25.0 Å². The molecule has 1 aromatic heterocycles. The second-order valence-corrected chi connectivity index (χ2v) is 3.64. The fraction of sp³-hybridized carbons (Fsp3) is 0.600. The van der Waals surface area contributed by atoms with Gasteiger partial charge in [-0.2, -0.15) is 4.98 Å². The summed E-state index contributed by atoms with van der Waals surface area (Å²) in [6.07, 6.45) is 5.57. The molecule has 0 saturated heterocycles. The molecule has 0 amide bonds. The van der Waals surface area contributed by atoms with E-state index in [1.54, 1.807) is 12.3 Å². The van der Waals surface area contributed by atoms with E-state index in [1.807, 2.05) is 0 Å². The molecule has 1 aromatic rings. The molecular weight excluding hydrogens is 178 g/mol. The van der Waals surface area contributed by atoms with Gasteiger partial charge in [-0.05, 0) is 24.8 Å². The monoisotopic (exact) mass is 193 g/mol. The summed E-state index contributed by atoms with van der Waals surface area (Å²) in [5, 5.41) is 0. The van der Waals surface area contributed by atoms with Crippen molar-refractivity contribution in [1.29, 1.82) is 0 Å². The molecule has 76 valence electrons. The van der Waals surface area contributed by atoms with Crippen molar-refractivity contribution in [1.82, 2.24) is 9.97 Å². The third kappa shape index (κ3) is 2.20. The lowest BCUT2D eigenvalue weighted by atomic mass is 9.86. The highest BCUT2D eigenvalue weighted by Crippen LogP contribution is 2.26. The molecular formula is C10H15N3O. The largest absolute Gasteiger partial charge is 0.463 e. The quantitative estimate of drug-likeness (QED) is 0.778. The van der Waals surface area contributed by atoms with Crippen LogP contribution >= 0.6 is 0 Å². The lowest BCUT2D eigenvalue weighted by Gasteiger charge is -2.24. The number of hydrogen-bond acceptors (Lipinski definition) is 4. The Morgan fingerprint density at radius 2 is 2.36 bits per heavy atom. The highest BCUT2D eigenvalue weighted by Gasteiger charge is 2.18. The van der Waals surface area contributed by atoms with Gasteiger partial charge in [0.05, 0.1) is 12.3 Å². The molecule has 0 radical (unpaired) electrons. The maximum atomic E-state index is 5.47. The van der Waals surface area contributed by atoms with Gasteiger partial charge < -0.3 is 10.5 Å². The van der Waals surface area contributed by atoms with E-state index >= 15 is 0 Å². The van der Waals surface area contributed by atoms with Gasteiger partial charge in [0.15, 0.2) is 0 Å². The van der Waals surface area contributed by atoms with Crippen LogP contribution in [0.2, 0.25) is 0 Å². The summed E-state index contributed by atoms with van der Waals surface area (Å²) in [4.78, 5) is 8.19. The van der Waals surface area contributed by atoms with Crippen molar-refractivity contribution in [2.24, 2.45) is 11.7 Å². The number of nitrogens with two attached hydrogens (primary N) is 1. The molecule has 2 N–H and O–H groups in total. The fourth-order valence-electron chi connectivity index (χ4n) is 1.41. The Kier molecular flexibility index (Phi) is 2.93. The zero-order valence-corrected chi connectivity index (χ0v) is 8.15. The minimum atomic E-state index is 0.433. The summed E-state index contributed by atoms with van der Waals surface area (Å²) in [7, 11) is 0. The second kappa shape index (κ2) is 4.37. The van der Waals surface area contributed by atoms with Crippen molar-refractivity contribution in [3.8, 4) is 6.01 Å². The first-order chi connectivity index (χ1) is 6.88. The van der Waals surface area contributed by atoms with Crippen LogP contribution in [0, 0.1) is 5.92 Å². The Balaban J connectivity index is 1.87. The fourth-order valence-corrected chi connectivity index (χ4v) is 1.41. The normalized spacial score (nSPS) is 16.4. The molecule has 0 aromatic carbocycles. The minimum Gasteiger partial charge on any atom is -0.463 e. The van der Waals surface area contributed by atoms with Crippen LogP contribution in [0.4, 0.5) is 0 Å². The number of nitrogens with zero attached hydrogens (tertiary/aromatic N) is 2. The van der Waals surface area contributed by atoms with Crippen LogP contribution in [0.15, 0.2) is 12.3 Å². The third-order valence-corrected chi connectivity index (χ3v) is 2.57. The van der Waals surface area contributed by atoms with E-state index in [0.29, 0.717) is 18.5 Å². The van der Waals surface area contributed by atoms with Crippen LogP contribution < -0.4 is 10.5 Å². The minimum absolute atomic E-state index is 0.433. The molecule has 1 saturated carbocycles. The van der Waals surface area contributed by atoms with Gasteiger partial charge in [-0.3, -0.25) is 0 Å². The summed E-state index contributed by atoms with van der Waals surface area (Å²) in [5.74, 6) is 0.708. The molecule has 0 aliphatic heterocycles. The van der Waals surface area contributed by atoms with Crippen molar-refractivity contribution < 1.29 is 4.74 Å².